The lowest BCUT2D eigenvalue weighted by atomic mass is 10.1. The molecule has 3 N–H and O–H groups in total. The van der Waals surface area contributed by atoms with E-state index in [2.05, 4.69) is 16.0 Å². The first kappa shape index (κ1) is 11.5. The number of hydrogen-bond donors (Lipinski definition) is 3. The third-order valence-electron chi connectivity index (χ3n) is 1.86. The maximum atomic E-state index is 10.8. The fraction of sp³-hybridized carbons (Fsp3) is 0.857. The first-order valence-electron chi connectivity index (χ1n) is 4.02. The van der Waals surface area contributed by atoms with Gasteiger partial charge < -0.3 is 16.0 Å². The molecule has 2 amide bonds. The molecule has 72 valence electrons. The van der Waals surface area contributed by atoms with E-state index in [1.54, 1.807) is 7.05 Å². The largest absolute Gasteiger partial charge is 0.341 e. The molecule has 0 aromatic rings. The van der Waals surface area contributed by atoms with Gasteiger partial charge in [0.1, 0.15) is 0 Å². The molecule has 1 fully saturated rings. The number of halogens is 1. The minimum absolute atomic E-state index is 0. The maximum Gasteiger partial charge on any atom is 0.314 e. The molecule has 5 heteroatoms. The van der Waals surface area contributed by atoms with Gasteiger partial charge in [-0.3, -0.25) is 0 Å². The summed E-state index contributed by atoms with van der Waals surface area (Å²) in [6, 6.07) is 0.224. The van der Waals surface area contributed by atoms with Gasteiger partial charge in [0.15, 0.2) is 0 Å². The number of urea groups is 1. The van der Waals surface area contributed by atoms with E-state index in [9.17, 15) is 4.79 Å². The third-order valence-corrected chi connectivity index (χ3v) is 1.86. The highest BCUT2D eigenvalue weighted by Gasteiger charge is 2.13. The first-order chi connectivity index (χ1) is 5.33. The van der Waals surface area contributed by atoms with Crippen LogP contribution in [0.3, 0.4) is 0 Å². The Labute approximate surface area is 78.9 Å². The zero-order valence-corrected chi connectivity index (χ0v) is 8.04. The molecule has 0 saturated carbocycles. The second kappa shape index (κ2) is 6.08. The minimum Gasteiger partial charge on any atom is -0.341 e. The minimum atomic E-state index is -0.0845. The number of rotatable bonds is 1. The van der Waals surface area contributed by atoms with E-state index in [0.29, 0.717) is 6.04 Å². The monoisotopic (exact) mass is 193 g/mol. The van der Waals surface area contributed by atoms with Crippen LogP contribution in [-0.4, -0.2) is 32.2 Å². The van der Waals surface area contributed by atoms with E-state index >= 15 is 0 Å². The molecule has 0 aromatic carbocycles. The van der Waals surface area contributed by atoms with Crippen LogP contribution in [0.2, 0.25) is 0 Å². The predicted molar refractivity (Wildman–Crippen MR) is 50.7 cm³/mol. The number of hydrogen-bond acceptors (Lipinski definition) is 2. The van der Waals surface area contributed by atoms with Crippen molar-refractivity contribution in [2.24, 2.45) is 0 Å². The zero-order valence-electron chi connectivity index (χ0n) is 7.22. The number of amides is 2. The standard InChI is InChI=1S/C7H15N3O.ClH/c1-8-7(11)10-6-3-2-4-9-5-6;/h6,9H,2-5H2,1H3,(H2,8,10,11);1H/t6-;/m1./s1. The van der Waals surface area contributed by atoms with Gasteiger partial charge in [0.25, 0.3) is 0 Å². The highest BCUT2D eigenvalue weighted by molar-refractivity contribution is 5.85. The molecule has 0 aromatic heterocycles. The van der Waals surface area contributed by atoms with Crippen LogP contribution in [0.15, 0.2) is 0 Å². The molecule has 0 spiro atoms. The van der Waals surface area contributed by atoms with E-state index in [1.807, 2.05) is 0 Å². The lowest BCUT2D eigenvalue weighted by Crippen LogP contribution is -2.48. The van der Waals surface area contributed by atoms with Crippen molar-refractivity contribution >= 4 is 18.4 Å². The van der Waals surface area contributed by atoms with Crippen LogP contribution in [0.4, 0.5) is 4.79 Å². The fourth-order valence-electron chi connectivity index (χ4n) is 1.23. The molecule has 0 aliphatic carbocycles. The highest BCUT2D eigenvalue weighted by Crippen LogP contribution is 2.00. The quantitative estimate of drug-likeness (QED) is 0.553. The molecule has 1 atom stereocenters. The Bertz CT molecular complexity index is 137. The van der Waals surface area contributed by atoms with Crippen LogP contribution in [0, 0.1) is 0 Å². The summed E-state index contributed by atoms with van der Waals surface area (Å²) in [5.41, 5.74) is 0. The highest BCUT2D eigenvalue weighted by atomic mass is 35.5. The summed E-state index contributed by atoms with van der Waals surface area (Å²) in [5, 5.41) is 8.61. The average molecular weight is 194 g/mol. The van der Waals surface area contributed by atoms with Crippen molar-refractivity contribution < 1.29 is 4.79 Å². The molecule has 12 heavy (non-hydrogen) atoms. The Kier molecular flexibility index (Phi) is 5.84. The van der Waals surface area contributed by atoms with Crippen LogP contribution in [0.25, 0.3) is 0 Å². The van der Waals surface area contributed by atoms with Gasteiger partial charge >= 0.3 is 6.03 Å². The summed E-state index contributed by atoms with van der Waals surface area (Å²) >= 11 is 0. The lowest BCUT2D eigenvalue weighted by Gasteiger charge is -2.23. The summed E-state index contributed by atoms with van der Waals surface area (Å²) in [5.74, 6) is 0. The molecule has 1 aliphatic rings. The Balaban J connectivity index is 0.00000121. The number of piperidine rings is 1. The summed E-state index contributed by atoms with van der Waals surface area (Å²) in [4.78, 5) is 10.8. The lowest BCUT2D eigenvalue weighted by molar-refractivity contribution is 0.236. The summed E-state index contributed by atoms with van der Waals surface area (Å²) in [7, 11) is 1.63. The molecule has 0 bridgehead atoms. The Morgan fingerprint density at radius 3 is 2.83 bits per heavy atom. The summed E-state index contributed by atoms with van der Waals surface area (Å²) in [6.45, 7) is 1.97. The van der Waals surface area contributed by atoms with E-state index in [0.717, 1.165) is 25.9 Å². The van der Waals surface area contributed by atoms with Crippen LogP contribution in [-0.2, 0) is 0 Å². The van der Waals surface area contributed by atoms with E-state index in [4.69, 9.17) is 0 Å². The molecule has 0 unspecified atom stereocenters. The van der Waals surface area contributed by atoms with Crippen molar-refractivity contribution in [1.82, 2.24) is 16.0 Å². The van der Waals surface area contributed by atoms with Gasteiger partial charge in [-0.1, -0.05) is 0 Å². The molecule has 0 radical (unpaired) electrons. The number of carbonyl (C=O) groups excluding carboxylic acids is 1. The van der Waals surface area contributed by atoms with Crippen LogP contribution in [0.5, 0.6) is 0 Å². The van der Waals surface area contributed by atoms with Crippen molar-refractivity contribution in [2.75, 3.05) is 20.1 Å². The second-order valence-corrected chi connectivity index (χ2v) is 2.77. The van der Waals surface area contributed by atoms with Crippen molar-refractivity contribution in [1.29, 1.82) is 0 Å². The van der Waals surface area contributed by atoms with Crippen LogP contribution < -0.4 is 16.0 Å². The molecular weight excluding hydrogens is 178 g/mol. The Hall–Kier alpha value is -0.480. The third kappa shape index (κ3) is 3.78. The zero-order chi connectivity index (χ0) is 8.10. The first-order valence-corrected chi connectivity index (χ1v) is 4.02. The van der Waals surface area contributed by atoms with E-state index in [1.165, 1.54) is 0 Å². The van der Waals surface area contributed by atoms with Crippen molar-refractivity contribution in [3.8, 4) is 0 Å². The molecule has 1 aliphatic heterocycles. The normalized spacial score (nSPS) is 22.2. The SMILES string of the molecule is CNC(=O)N[C@@H]1CCCNC1.Cl. The molecule has 1 rings (SSSR count). The maximum absolute atomic E-state index is 10.8. The molecular formula is C7H16ClN3O. The summed E-state index contributed by atoms with van der Waals surface area (Å²) in [6.07, 6.45) is 2.23. The fourth-order valence-corrected chi connectivity index (χ4v) is 1.23. The second-order valence-electron chi connectivity index (χ2n) is 2.77. The molecule has 1 saturated heterocycles. The van der Waals surface area contributed by atoms with Gasteiger partial charge in [-0.2, -0.15) is 0 Å². The van der Waals surface area contributed by atoms with Gasteiger partial charge in [-0.15, -0.1) is 12.4 Å². The molecule has 4 nitrogen and oxygen atoms in total. The van der Waals surface area contributed by atoms with Crippen LogP contribution >= 0.6 is 12.4 Å². The topological polar surface area (TPSA) is 53.2 Å². The average Bonchev–Trinajstić information content (AvgIpc) is 2.06. The number of nitrogens with one attached hydrogen (secondary N) is 3. The Morgan fingerprint density at radius 1 is 1.58 bits per heavy atom. The van der Waals surface area contributed by atoms with Gasteiger partial charge in [-0.25, -0.2) is 4.79 Å². The van der Waals surface area contributed by atoms with Crippen LogP contribution in [0.1, 0.15) is 12.8 Å². The van der Waals surface area contributed by atoms with Gasteiger partial charge in [0.05, 0.1) is 0 Å². The van der Waals surface area contributed by atoms with Crippen molar-refractivity contribution in [3.05, 3.63) is 0 Å². The smallest absolute Gasteiger partial charge is 0.314 e. The Morgan fingerprint density at radius 2 is 2.33 bits per heavy atom. The van der Waals surface area contributed by atoms with Crippen molar-refractivity contribution in [3.63, 3.8) is 0 Å². The van der Waals surface area contributed by atoms with Gasteiger partial charge in [0.2, 0.25) is 0 Å². The van der Waals surface area contributed by atoms with Gasteiger partial charge in [0, 0.05) is 19.6 Å². The number of carbonyl (C=O) groups is 1. The van der Waals surface area contributed by atoms with E-state index < -0.39 is 0 Å². The van der Waals surface area contributed by atoms with Gasteiger partial charge in [-0.05, 0) is 19.4 Å². The predicted octanol–water partition coefficient (Wildman–Crippen LogP) is 0.0892. The molecule has 1 heterocycles. The van der Waals surface area contributed by atoms with E-state index in [-0.39, 0.29) is 18.4 Å². The van der Waals surface area contributed by atoms with Crippen molar-refractivity contribution in [2.45, 2.75) is 18.9 Å². The summed E-state index contributed by atoms with van der Waals surface area (Å²) < 4.78 is 0.